The molecule has 0 aliphatic rings. The lowest BCUT2D eigenvalue weighted by Gasteiger charge is -2.20. The van der Waals surface area contributed by atoms with Crippen LogP contribution in [0, 0.1) is 0 Å². The van der Waals surface area contributed by atoms with Gasteiger partial charge < -0.3 is 20.3 Å². The Kier molecular flexibility index (Phi) is 59.0. The van der Waals surface area contributed by atoms with Crippen molar-refractivity contribution in [2.75, 3.05) is 13.2 Å². The SMILES string of the molecule is CCC/C=C\C/C=C\CCCCCCCC(=O)OCCCCCCCCCCCCCCCCCCC(=O)NC(CO)C(O)/C=C/CCCCCCCCCCCCCCCCCCCCCCCCC. The summed E-state index contributed by atoms with van der Waals surface area (Å²) in [4.78, 5) is 24.5. The minimum Gasteiger partial charge on any atom is -0.466 e. The fourth-order valence-electron chi connectivity index (χ4n) is 9.79. The smallest absolute Gasteiger partial charge is 0.305 e. The summed E-state index contributed by atoms with van der Waals surface area (Å²) in [6.45, 7) is 4.84. The van der Waals surface area contributed by atoms with Crippen LogP contribution in [0.15, 0.2) is 36.5 Å². The molecule has 0 rings (SSSR count). The molecule has 0 bridgehead atoms. The summed E-state index contributed by atoms with van der Waals surface area (Å²) in [6.07, 6.45) is 76.1. The Morgan fingerprint density at radius 2 is 0.732 bits per heavy atom. The monoisotopic (exact) mass is 998 g/mol. The lowest BCUT2D eigenvalue weighted by atomic mass is 10.0. The zero-order valence-corrected chi connectivity index (χ0v) is 47.7. The first-order valence-corrected chi connectivity index (χ1v) is 31.8. The molecule has 0 spiro atoms. The van der Waals surface area contributed by atoms with Gasteiger partial charge in [-0.05, 0) is 57.8 Å². The average Bonchev–Trinajstić information content (AvgIpc) is 3.37. The van der Waals surface area contributed by atoms with Crippen LogP contribution >= 0.6 is 0 Å². The fraction of sp³-hybridized carbons (Fsp3) is 0.877. The zero-order chi connectivity index (χ0) is 51.4. The summed E-state index contributed by atoms with van der Waals surface area (Å²) >= 11 is 0. The van der Waals surface area contributed by atoms with E-state index in [9.17, 15) is 19.8 Å². The Morgan fingerprint density at radius 3 is 1.13 bits per heavy atom. The first-order chi connectivity index (χ1) is 35.0. The van der Waals surface area contributed by atoms with E-state index in [1.54, 1.807) is 6.08 Å². The molecule has 1 amide bonds. The lowest BCUT2D eigenvalue weighted by Crippen LogP contribution is -2.45. The van der Waals surface area contributed by atoms with Crippen molar-refractivity contribution in [1.82, 2.24) is 5.32 Å². The van der Waals surface area contributed by atoms with Crippen LogP contribution in [0.5, 0.6) is 0 Å². The van der Waals surface area contributed by atoms with Crippen molar-refractivity contribution in [2.45, 2.75) is 353 Å². The predicted molar refractivity (Wildman–Crippen MR) is 310 cm³/mol. The molecule has 418 valence electrons. The third-order valence-electron chi connectivity index (χ3n) is 14.6. The van der Waals surface area contributed by atoms with Gasteiger partial charge in [0.05, 0.1) is 25.4 Å². The van der Waals surface area contributed by atoms with Gasteiger partial charge in [-0.2, -0.15) is 0 Å². The Morgan fingerprint density at radius 1 is 0.394 bits per heavy atom. The molecule has 71 heavy (non-hydrogen) atoms. The molecule has 2 unspecified atom stereocenters. The third kappa shape index (κ3) is 57.2. The fourth-order valence-corrected chi connectivity index (χ4v) is 9.79. The average molecular weight is 999 g/mol. The van der Waals surface area contributed by atoms with Crippen LogP contribution in [0.2, 0.25) is 0 Å². The molecular weight excluding hydrogens is 875 g/mol. The van der Waals surface area contributed by atoms with Crippen LogP contribution in [0.1, 0.15) is 341 Å². The van der Waals surface area contributed by atoms with E-state index in [4.69, 9.17) is 4.74 Å². The van der Waals surface area contributed by atoms with E-state index in [-0.39, 0.29) is 18.5 Å². The molecule has 2 atom stereocenters. The summed E-state index contributed by atoms with van der Waals surface area (Å²) in [5, 5.41) is 23.2. The Labute approximate surface area is 443 Å². The molecule has 0 aromatic carbocycles. The number of carbonyl (C=O) groups excluding carboxylic acids is 2. The number of hydrogen-bond donors (Lipinski definition) is 3. The topological polar surface area (TPSA) is 95.9 Å². The van der Waals surface area contributed by atoms with Crippen LogP contribution in [-0.2, 0) is 14.3 Å². The number of allylic oxidation sites excluding steroid dienone is 5. The van der Waals surface area contributed by atoms with Gasteiger partial charge in [0.2, 0.25) is 5.91 Å². The summed E-state index contributed by atoms with van der Waals surface area (Å²) in [7, 11) is 0. The highest BCUT2D eigenvalue weighted by Crippen LogP contribution is 2.18. The summed E-state index contributed by atoms with van der Waals surface area (Å²) in [5.41, 5.74) is 0. The summed E-state index contributed by atoms with van der Waals surface area (Å²) < 4.78 is 5.46. The summed E-state index contributed by atoms with van der Waals surface area (Å²) in [6, 6.07) is -0.635. The van der Waals surface area contributed by atoms with Gasteiger partial charge in [0.15, 0.2) is 0 Å². The second-order valence-corrected chi connectivity index (χ2v) is 21.7. The van der Waals surface area contributed by atoms with Crippen molar-refractivity contribution in [3.05, 3.63) is 36.5 Å². The molecule has 0 radical (unpaired) electrons. The maximum Gasteiger partial charge on any atom is 0.305 e. The highest BCUT2D eigenvalue weighted by molar-refractivity contribution is 5.76. The number of aliphatic hydroxyl groups excluding tert-OH is 2. The van der Waals surface area contributed by atoms with Crippen LogP contribution in [0.25, 0.3) is 0 Å². The first kappa shape index (κ1) is 69.1. The zero-order valence-electron chi connectivity index (χ0n) is 47.7. The van der Waals surface area contributed by atoms with Gasteiger partial charge in [0.1, 0.15) is 0 Å². The molecule has 0 saturated carbocycles. The van der Waals surface area contributed by atoms with Gasteiger partial charge in [-0.25, -0.2) is 0 Å². The van der Waals surface area contributed by atoms with Crippen molar-refractivity contribution in [3.8, 4) is 0 Å². The van der Waals surface area contributed by atoms with Crippen molar-refractivity contribution in [3.63, 3.8) is 0 Å². The molecule has 0 aliphatic heterocycles. The van der Waals surface area contributed by atoms with Crippen LogP contribution in [-0.4, -0.2) is 47.4 Å². The number of hydrogen-bond acceptors (Lipinski definition) is 5. The standard InChI is InChI=1S/C65H123NO5/c1-3-5-7-9-11-13-15-17-18-19-20-21-22-23-24-25-26-27-30-34-37-41-45-49-53-57-63(68)62(61-67)66-64(69)58-54-50-46-42-38-35-31-28-29-32-36-40-44-48-52-56-60-71-65(70)59-55-51-47-43-39-33-16-14-12-10-8-6-4-2/h8,10,14,16,53,57,62-63,67-68H,3-7,9,11-13,15,17-52,54-56,58-61H2,1-2H3,(H,66,69)/b10-8-,16-14-,57-53+. The van der Waals surface area contributed by atoms with Gasteiger partial charge in [-0.1, -0.05) is 307 Å². The minimum absolute atomic E-state index is 0.0127. The third-order valence-corrected chi connectivity index (χ3v) is 14.6. The van der Waals surface area contributed by atoms with Crippen LogP contribution < -0.4 is 5.32 Å². The van der Waals surface area contributed by atoms with Crippen LogP contribution in [0.3, 0.4) is 0 Å². The van der Waals surface area contributed by atoms with E-state index < -0.39 is 12.1 Å². The number of ether oxygens (including phenoxy) is 1. The molecule has 0 fully saturated rings. The molecule has 6 heteroatoms. The minimum atomic E-state index is -0.851. The maximum atomic E-state index is 12.5. The van der Waals surface area contributed by atoms with E-state index in [2.05, 4.69) is 43.5 Å². The number of nitrogens with one attached hydrogen (secondary N) is 1. The Bertz CT molecular complexity index is 1150. The molecule has 0 aliphatic carbocycles. The summed E-state index contributed by atoms with van der Waals surface area (Å²) in [5.74, 6) is -0.0849. The highest BCUT2D eigenvalue weighted by atomic mass is 16.5. The number of rotatable bonds is 59. The molecule has 0 aromatic rings. The second kappa shape index (κ2) is 60.6. The molecule has 0 saturated heterocycles. The molecule has 3 N–H and O–H groups in total. The van der Waals surface area contributed by atoms with E-state index in [1.807, 2.05) is 6.08 Å². The normalized spacial score (nSPS) is 12.8. The van der Waals surface area contributed by atoms with Gasteiger partial charge >= 0.3 is 5.97 Å². The van der Waals surface area contributed by atoms with Gasteiger partial charge in [-0.15, -0.1) is 0 Å². The van der Waals surface area contributed by atoms with Crippen molar-refractivity contribution >= 4 is 11.9 Å². The Balaban J connectivity index is 3.46. The first-order valence-electron chi connectivity index (χ1n) is 31.8. The van der Waals surface area contributed by atoms with Crippen molar-refractivity contribution in [1.29, 1.82) is 0 Å². The molecule has 0 aromatic heterocycles. The van der Waals surface area contributed by atoms with Crippen molar-refractivity contribution < 1.29 is 24.5 Å². The number of carbonyl (C=O) groups is 2. The molecule has 6 nitrogen and oxygen atoms in total. The van der Waals surface area contributed by atoms with Gasteiger partial charge in [0, 0.05) is 12.8 Å². The van der Waals surface area contributed by atoms with Gasteiger partial charge in [-0.3, -0.25) is 9.59 Å². The van der Waals surface area contributed by atoms with Crippen molar-refractivity contribution in [2.24, 2.45) is 0 Å². The van der Waals surface area contributed by atoms with E-state index in [1.165, 1.54) is 257 Å². The van der Waals surface area contributed by atoms with Crippen LogP contribution in [0.4, 0.5) is 0 Å². The van der Waals surface area contributed by atoms with Gasteiger partial charge in [0.25, 0.3) is 0 Å². The quantitative estimate of drug-likeness (QED) is 0.0321. The predicted octanol–water partition coefficient (Wildman–Crippen LogP) is 20.0. The number of esters is 1. The number of amides is 1. The van der Waals surface area contributed by atoms with E-state index >= 15 is 0 Å². The molecular formula is C65H123NO5. The van der Waals surface area contributed by atoms with E-state index in [0.717, 1.165) is 57.8 Å². The second-order valence-electron chi connectivity index (χ2n) is 21.7. The maximum absolute atomic E-state index is 12.5. The largest absolute Gasteiger partial charge is 0.466 e. The lowest BCUT2D eigenvalue weighted by molar-refractivity contribution is -0.143. The van der Waals surface area contributed by atoms with E-state index in [0.29, 0.717) is 19.4 Å². The number of aliphatic hydroxyl groups is 2. The molecule has 0 heterocycles. The highest BCUT2D eigenvalue weighted by Gasteiger charge is 2.18. The Hall–Kier alpha value is -1.92. The number of unbranched alkanes of at least 4 members (excludes halogenated alkanes) is 44.